The van der Waals surface area contributed by atoms with E-state index in [1.807, 2.05) is 11.8 Å². The highest BCUT2D eigenvalue weighted by atomic mass is 35.5. The van der Waals surface area contributed by atoms with Gasteiger partial charge in [0.25, 0.3) is 5.91 Å². The number of carbonyl (C=O) groups is 1. The molecule has 25 heavy (non-hydrogen) atoms. The van der Waals surface area contributed by atoms with Crippen LogP contribution < -0.4 is 10.5 Å². The number of hydrogen-bond acceptors (Lipinski definition) is 6. The molecule has 0 radical (unpaired) electrons. The fourth-order valence-corrected chi connectivity index (χ4v) is 2.62. The van der Waals surface area contributed by atoms with Crippen LogP contribution in [-0.4, -0.2) is 40.1 Å². The van der Waals surface area contributed by atoms with E-state index in [9.17, 15) is 4.79 Å². The Hall–Kier alpha value is -2.12. The van der Waals surface area contributed by atoms with Crippen molar-refractivity contribution in [3.63, 3.8) is 0 Å². The maximum atomic E-state index is 12.4. The molecule has 2 N–H and O–H groups in total. The van der Waals surface area contributed by atoms with Gasteiger partial charge in [-0.05, 0) is 37.1 Å². The molecule has 1 aromatic heterocycles. The number of benzene rings is 1. The van der Waals surface area contributed by atoms with Gasteiger partial charge in [0.2, 0.25) is 11.7 Å². The lowest BCUT2D eigenvalue weighted by Gasteiger charge is -2.30. The molecule has 0 bridgehead atoms. The number of halogens is 1. The zero-order valence-electron chi connectivity index (χ0n) is 14.2. The lowest BCUT2D eigenvalue weighted by molar-refractivity contribution is 0.0714. The smallest absolute Gasteiger partial charge is 0.253 e. The molecule has 2 heterocycles. The number of ether oxygens (including phenoxy) is 1. The molecule has 1 saturated heterocycles. The number of piperidine rings is 1. The molecular formula is C17H23ClN4O3. The third kappa shape index (κ3) is 4.93. The Kier molecular flexibility index (Phi) is 6.78. The van der Waals surface area contributed by atoms with Crippen LogP contribution in [0.5, 0.6) is 5.75 Å². The van der Waals surface area contributed by atoms with Crippen molar-refractivity contribution in [1.29, 1.82) is 0 Å². The van der Waals surface area contributed by atoms with Crippen LogP contribution in [0.15, 0.2) is 28.8 Å². The van der Waals surface area contributed by atoms with Crippen molar-refractivity contribution < 1.29 is 14.1 Å². The van der Waals surface area contributed by atoms with Crippen LogP contribution in [0.3, 0.4) is 0 Å². The maximum absolute atomic E-state index is 12.4. The summed E-state index contributed by atoms with van der Waals surface area (Å²) in [7, 11) is 0. The minimum absolute atomic E-state index is 0. The number of nitrogens with two attached hydrogens (primary N) is 1. The van der Waals surface area contributed by atoms with Gasteiger partial charge in [0.1, 0.15) is 5.75 Å². The molecule has 0 saturated carbocycles. The summed E-state index contributed by atoms with van der Waals surface area (Å²) in [5, 5.41) is 3.83. The van der Waals surface area contributed by atoms with Gasteiger partial charge in [-0.15, -0.1) is 12.4 Å². The van der Waals surface area contributed by atoms with Gasteiger partial charge in [0, 0.05) is 31.1 Å². The molecule has 0 atom stereocenters. The van der Waals surface area contributed by atoms with Crippen molar-refractivity contribution in [2.75, 3.05) is 13.1 Å². The number of carbonyl (C=O) groups excluding carboxylic acids is 1. The van der Waals surface area contributed by atoms with Crippen LogP contribution in [0.2, 0.25) is 0 Å². The van der Waals surface area contributed by atoms with Gasteiger partial charge in [-0.1, -0.05) is 12.1 Å². The summed E-state index contributed by atoms with van der Waals surface area (Å²) in [6.45, 7) is 3.62. The third-order valence-electron chi connectivity index (χ3n) is 4.11. The zero-order valence-corrected chi connectivity index (χ0v) is 15.0. The molecule has 2 aromatic rings. The Morgan fingerprint density at radius 2 is 2.00 bits per heavy atom. The van der Waals surface area contributed by atoms with Crippen LogP contribution in [-0.2, 0) is 13.0 Å². The van der Waals surface area contributed by atoms with Crippen LogP contribution in [0.25, 0.3) is 0 Å². The number of likely N-dealkylation sites (tertiary alicyclic amines) is 1. The second-order valence-corrected chi connectivity index (χ2v) is 5.90. The molecule has 0 aliphatic carbocycles. The van der Waals surface area contributed by atoms with E-state index in [0.717, 1.165) is 25.9 Å². The van der Waals surface area contributed by atoms with Gasteiger partial charge in [0.15, 0.2) is 6.61 Å². The molecule has 1 aromatic carbocycles. The van der Waals surface area contributed by atoms with Crippen molar-refractivity contribution >= 4 is 18.3 Å². The quantitative estimate of drug-likeness (QED) is 0.871. The summed E-state index contributed by atoms with van der Waals surface area (Å²) < 4.78 is 10.6. The molecule has 1 amide bonds. The second kappa shape index (κ2) is 8.82. The number of rotatable bonds is 5. The SMILES string of the molecule is CCc1nc(COc2ccc(C(=O)N3CCC(N)CC3)cc2)no1.Cl. The molecule has 1 aliphatic heterocycles. The predicted molar refractivity (Wildman–Crippen MR) is 94.8 cm³/mol. The summed E-state index contributed by atoms with van der Waals surface area (Å²) in [4.78, 5) is 18.5. The van der Waals surface area contributed by atoms with E-state index in [-0.39, 0.29) is 31.0 Å². The molecule has 8 heteroatoms. The van der Waals surface area contributed by atoms with E-state index in [0.29, 0.717) is 29.4 Å². The number of nitrogens with zero attached hydrogens (tertiary/aromatic N) is 3. The first-order valence-electron chi connectivity index (χ1n) is 8.25. The Bertz CT molecular complexity index is 681. The topological polar surface area (TPSA) is 94.5 Å². The minimum Gasteiger partial charge on any atom is -0.485 e. The molecule has 3 rings (SSSR count). The van der Waals surface area contributed by atoms with Crippen molar-refractivity contribution in [3.05, 3.63) is 41.5 Å². The minimum atomic E-state index is 0. The lowest BCUT2D eigenvalue weighted by atomic mass is 10.0. The average molecular weight is 367 g/mol. The third-order valence-corrected chi connectivity index (χ3v) is 4.11. The van der Waals surface area contributed by atoms with Gasteiger partial charge in [0.05, 0.1) is 0 Å². The average Bonchev–Trinajstić information content (AvgIpc) is 3.09. The first-order valence-corrected chi connectivity index (χ1v) is 8.25. The van der Waals surface area contributed by atoms with Gasteiger partial charge in [-0.25, -0.2) is 0 Å². The first kappa shape index (κ1) is 19.2. The molecule has 136 valence electrons. The van der Waals surface area contributed by atoms with E-state index in [2.05, 4.69) is 10.1 Å². The monoisotopic (exact) mass is 366 g/mol. The van der Waals surface area contributed by atoms with Crippen LogP contribution in [0.1, 0.15) is 41.8 Å². The summed E-state index contributed by atoms with van der Waals surface area (Å²) in [5.41, 5.74) is 6.53. The molecule has 0 spiro atoms. The highest BCUT2D eigenvalue weighted by Crippen LogP contribution is 2.17. The van der Waals surface area contributed by atoms with E-state index in [4.69, 9.17) is 15.0 Å². The van der Waals surface area contributed by atoms with Crippen molar-refractivity contribution in [2.24, 2.45) is 5.73 Å². The second-order valence-electron chi connectivity index (χ2n) is 5.90. The van der Waals surface area contributed by atoms with Crippen molar-refractivity contribution in [2.45, 2.75) is 38.8 Å². The van der Waals surface area contributed by atoms with E-state index in [1.165, 1.54) is 0 Å². The lowest BCUT2D eigenvalue weighted by Crippen LogP contribution is -2.42. The normalized spacial score (nSPS) is 14.9. The van der Waals surface area contributed by atoms with Crippen molar-refractivity contribution in [3.8, 4) is 5.75 Å². The van der Waals surface area contributed by atoms with Crippen molar-refractivity contribution in [1.82, 2.24) is 15.0 Å². The summed E-state index contributed by atoms with van der Waals surface area (Å²) in [5.74, 6) is 1.81. The largest absolute Gasteiger partial charge is 0.485 e. The molecule has 7 nitrogen and oxygen atoms in total. The van der Waals surface area contributed by atoms with Crippen LogP contribution in [0, 0.1) is 0 Å². The Morgan fingerprint density at radius 3 is 2.60 bits per heavy atom. The predicted octanol–water partition coefficient (Wildman–Crippen LogP) is 2.20. The first-order chi connectivity index (χ1) is 11.7. The Labute approximate surface area is 152 Å². The fourth-order valence-electron chi connectivity index (χ4n) is 2.62. The van der Waals surface area contributed by atoms with Gasteiger partial charge < -0.3 is 19.9 Å². The zero-order chi connectivity index (χ0) is 16.9. The number of aryl methyl sites for hydroxylation is 1. The van der Waals surface area contributed by atoms with E-state index >= 15 is 0 Å². The Morgan fingerprint density at radius 1 is 1.32 bits per heavy atom. The molecular weight excluding hydrogens is 344 g/mol. The Balaban J connectivity index is 0.00000225. The van der Waals surface area contributed by atoms with Crippen LogP contribution in [0.4, 0.5) is 0 Å². The van der Waals surface area contributed by atoms with E-state index in [1.54, 1.807) is 24.3 Å². The maximum Gasteiger partial charge on any atom is 0.253 e. The fraction of sp³-hybridized carbons (Fsp3) is 0.471. The molecule has 1 fully saturated rings. The highest BCUT2D eigenvalue weighted by Gasteiger charge is 2.21. The summed E-state index contributed by atoms with van der Waals surface area (Å²) >= 11 is 0. The standard InChI is InChI=1S/C17H22N4O3.ClH/c1-2-16-19-15(20-24-16)11-23-14-5-3-12(4-6-14)17(22)21-9-7-13(18)8-10-21;/h3-6,13H,2,7-11,18H2,1H3;1H. The van der Waals surface area contributed by atoms with Crippen LogP contribution >= 0.6 is 12.4 Å². The number of aromatic nitrogens is 2. The summed E-state index contributed by atoms with van der Waals surface area (Å²) in [6.07, 6.45) is 2.42. The number of hydrogen-bond donors (Lipinski definition) is 1. The molecule has 0 unspecified atom stereocenters. The van der Waals surface area contributed by atoms with Gasteiger partial charge in [-0.3, -0.25) is 4.79 Å². The molecule has 1 aliphatic rings. The highest BCUT2D eigenvalue weighted by molar-refractivity contribution is 5.94. The number of amides is 1. The van der Waals surface area contributed by atoms with E-state index < -0.39 is 0 Å². The summed E-state index contributed by atoms with van der Waals surface area (Å²) in [6, 6.07) is 7.33. The van der Waals surface area contributed by atoms with Gasteiger partial charge in [-0.2, -0.15) is 4.98 Å². The van der Waals surface area contributed by atoms with Gasteiger partial charge >= 0.3 is 0 Å².